The van der Waals surface area contributed by atoms with Gasteiger partial charge in [-0.25, -0.2) is 9.78 Å². The van der Waals surface area contributed by atoms with Crippen molar-refractivity contribution in [2.75, 3.05) is 6.61 Å². The molecule has 0 radical (unpaired) electrons. The zero-order valence-electron chi connectivity index (χ0n) is 15.5. The van der Waals surface area contributed by atoms with Gasteiger partial charge in [0.25, 0.3) is 0 Å². The van der Waals surface area contributed by atoms with E-state index in [0.717, 1.165) is 27.2 Å². The number of rotatable bonds is 5. The Kier molecular flexibility index (Phi) is 4.79. The number of ether oxygens (including phenoxy) is 1. The fraction of sp³-hybridized carbons (Fsp3) is 0.136. The number of benzene rings is 2. The van der Waals surface area contributed by atoms with Gasteiger partial charge in [-0.3, -0.25) is 4.79 Å². The summed E-state index contributed by atoms with van der Waals surface area (Å²) in [5.74, 6) is -0.753. The monoisotopic (exact) mass is 390 g/mol. The fourth-order valence-corrected chi connectivity index (χ4v) is 4.16. The number of para-hydroxylation sites is 1. The van der Waals surface area contributed by atoms with E-state index in [1.807, 2.05) is 61.5 Å². The molecule has 0 aliphatic rings. The number of hydrogen-bond donors (Lipinski definition) is 1. The first kappa shape index (κ1) is 18.1. The number of Topliss-reactive ketones (excluding diaryl/α,β-unsaturated/α-hetero) is 1. The van der Waals surface area contributed by atoms with Crippen LogP contribution in [0.1, 0.15) is 31.4 Å². The van der Waals surface area contributed by atoms with E-state index in [-0.39, 0.29) is 12.4 Å². The van der Waals surface area contributed by atoms with Crippen LogP contribution in [0, 0.1) is 13.8 Å². The van der Waals surface area contributed by atoms with Crippen molar-refractivity contribution < 1.29 is 14.3 Å². The van der Waals surface area contributed by atoms with Crippen molar-refractivity contribution in [3.63, 3.8) is 0 Å². The minimum absolute atomic E-state index is 0.228. The van der Waals surface area contributed by atoms with Crippen molar-refractivity contribution in [2.45, 2.75) is 13.8 Å². The molecule has 1 N–H and O–H groups in total. The molecular weight excluding hydrogens is 372 g/mol. The Balaban J connectivity index is 1.51. The Morgan fingerprint density at radius 1 is 1.04 bits per heavy atom. The zero-order chi connectivity index (χ0) is 19.7. The van der Waals surface area contributed by atoms with Crippen LogP contribution in [-0.4, -0.2) is 28.3 Å². The summed E-state index contributed by atoms with van der Waals surface area (Å²) in [6.45, 7) is 3.30. The standard InChI is InChI=1S/C22H18N2O3S/c1-13-19(16-10-6-7-11-17(16)23-13)18(25)12-27-22(26)20-14(2)24-21(28-20)15-8-4-3-5-9-15/h3-11,23H,12H2,1-2H3. The Bertz CT molecular complexity index is 1180. The van der Waals surface area contributed by atoms with E-state index in [1.54, 1.807) is 6.92 Å². The van der Waals surface area contributed by atoms with Crippen LogP contribution in [-0.2, 0) is 4.74 Å². The summed E-state index contributed by atoms with van der Waals surface area (Å²) in [4.78, 5) is 33.3. The summed E-state index contributed by atoms with van der Waals surface area (Å²) in [5, 5.41) is 1.59. The number of fused-ring (bicyclic) bond motifs is 1. The average molecular weight is 390 g/mol. The lowest BCUT2D eigenvalue weighted by atomic mass is 10.1. The molecule has 6 heteroatoms. The van der Waals surface area contributed by atoms with Crippen molar-refractivity contribution in [3.05, 3.63) is 76.4 Å². The van der Waals surface area contributed by atoms with Gasteiger partial charge in [0.15, 0.2) is 6.61 Å². The maximum Gasteiger partial charge on any atom is 0.350 e. The number of esters is 1. The largest absolute Gasteiger partial charge is 0.453 e. The van der Waals surface area contributed by atoms with E-state index in [1.165, 1.54) is 11.3 Å². The number of ketones is 1. The lowest BCUT2D eigenvalue weighted by Gasteiger charge is -2.04. The fourth-order valence-electron chi connectivity index (χ4n) is 3.19. The summed E-state index contributed by atoms with van der Waals surface area (Å²) in [7, 11) is 0. The first-order chi connectivity index (χ1) is 13.5. The molecule has 0 saturated carbocycles. The molecule has 0 atom stereocenters. The van der Waals surface area contributed by atoms with Gasteiger partial charge in [0.1, 0.15) is 9.88 Å². The van der Waals surface area contributed by atoms with Crippen LogP contribution in [0.4, 0.5) is 0 Å². The van der Waals surface area contributed by atoms with Gasteiger partial charge >= 0.3 is 5.97 Å². The van der Waals surface area contributed by atoms with Gasteiger partial charge in [0.2, 0.25) is 5.78 Å². The van der Waals surface area contributed by atoms with Crippen molar-refractivity contribution in [2.24, 2.45) is 0 Å². The van der Waals surface area contributed by atoms with Gasteiger partial charge in [-0.2, -0.15) is 0 Å². The van der Waals surface area contributed by atoms with E-state index < -0.39 is 5.97 Å². The van der Waals surface area contributed by atoms with E-state index in [2.05, 4.69) is 9.97 Å². The second kappa shape index (κ2) is 7.40. The summed E-state index contributed by atoms with van der Waals surface area (Å²) < 4.78 is 5.32. The van der Waals surface area contributed by atoms with Crippen molar-refractivity contribution in [1.29, 1.82) is 0 Å². The highest BCUT2D eigenvalue weighted by Crippen LogP contribution is 2.28. The van der Waals surface area contributed by atoms with Crippen LogP contribution >= 0.6 is 11.3 Å². The highest BCUT2D eigenvalue weighted by molar-refractivity contribution is 7.17. The first-order valence-electron chi connectivity index (χ1n) is 8.85. The molecule has 0 saturated heterocycles. The van der Waals surface area contributed by atoms with Crippen LogP contribution in [0.15, 0.2) is 54.6 Å². The number of aromatic nitrogens is 2. The van der Waals surface area contributed by atoms with Crippen molar-refractivity contribution in [1.82, 2.24) is 9.97 Å². The number of nitrogens with zero attached hydrogens (tertiary/aromatic N) is 1. The molecule has 5 nitrogen and oxygen atoms in total. The minimum Gasteiger partial charge on any atom is -0.453 e. The Hall–Kier alpha value is -3.25. The Labute approximate surface area is 166 Å². The SMILES string of the molecule is Cc1nc(-c2ccccc2)sc1C(=O)OCC(=O)c1c(C)[nH]c2ccccc12. The third-order valence-electron chi connectivity index (χ3n) is 4.51. The number of thiazole rings is 1. The van der Waals surface area contributed by atoms with Crippen LogP contribution in [0.3, 0.4) is 0 Å². The van der Waals surface area contributed by atoms with Gasteiger partial charge in [-0.1, -0.05) is 48.5 Å². The van der Waals surface area contributed by atoms with E-state index in [4.69, 9.17) is 4.74 Å². The van der Waals surface area contributed by atoms with Crippen LogP contribution in [0.25, 0.3) is 21.5 Å². The molecule has 140 valence electrons. The molecule has 0 aliphatic carbocycles. The second-order valence-corrected chi connectivity index (χ2v) is 7.47. The molecule has 4 aromatic rings. The topological polar surface area (TPSA) is 72.0 Å². The van der Waals surface area contributed by atoms with Gasteiger partial charge in [-0.15, -0.1) is 11.3 Å². The number of H-pyrrole nitrogens is 1. The number of carbonyl (C=O) groups excluding carboxylic acids is 2. The number of aromatic amines is 1. The molecule has 2 aromatic heterocycles. The molecule has 0 spiro atoms. The van der Waals surface area contributed by atoms with Gasteiger partial charge in [0, 0.05) is 27.7 Å². The number of carbonyl (C=O) groups is 2. The minimum atomic E-state index is -0.525. The third kappa shape index (κ3) is 3.34. The molecule has 0 aliphatic heterocycles. The normalized spacial score (nSPS) is 10.9. The quantitative estimate of drug-likeness (QED) is 0.387. The summed E-state index contributed by atoms with van der Waals surface area (Å²) in [6.07, 6.45) is 0. The van der Waals surface area contributed by atoms with Gasteiger partial charge in [0.05, 0.1) is 5.69 Å². The second-order valence-electron chi connectivity index (χ2n) is 6.47. The molecule has 2 aromatic carbocycles. The van der Waals surface area contributed by atoms with E-state index in [0.29, 0.717) is 16.1 Å². The zero-order valence-corrected chi connectivity index (χ0v) is 16.3. The molecular formula is C22H18N2O3S. The molecule has 0 bridgehead atoms. The number of hydrogen-bond acceptors (Lipinski definition) is 5. The van der Waals surface area contributed by atoms with Crippen molar-refractivity contribution >= 4 is 34.0 Å². The molecule has 0 amide bonds. The highest BCUT2D eigenvalue weighted by Gasteiger charge is 2.21. The maximum absolute atomic E-state index is 12.7. The molecule has 4 rings (SSSR count). The smallest absolute Gasteiger partial charge is 0.350 e. The maximum atomic E-state index is 12.7. The summed E-state index contributed by atoms with van der Waals surface area (Å²) in [5.41, 5.74) is 3.77. The predicted molar refractivity (Wildman–Crippen MR) is 110 cm³/mol. The summed E-state index contributed by atoms with van der Waals surface area (Å²) in [6, 6.07) is 17.2. The lowest BCUT2D eigenvalue weighted by molar-refractivity contribution is 0.0479. The molecule has 28 heavy (non-hydrogen) atoms. The first-order valence-corrected chi connectivity index (χ1v) is 9.66. The van der Waals surface area contributed by atoms with E-state index >= 15 is 0 Å². The summed E-state index contributed by atoms with van der Waals surface area (Å²) >= 11 is 1.27. The van der Waals surface area contributed by atoms with Crippen LogP contribution in [0.5, 0.6) is 0 Å². The Morgan fingerprint density at radius 2 is 1.75 bits per heavy atom. The van der Waals surface area contributed by atoms with Gasteiger partial charge < -0.3 is 9.72 Å². The number of nitrogens with one attached hydrogen (secondary N) is 1. The predicted octanol–water partition coefficient (Wildman–Crippen LogP) is 4.95. The molecule has 0 fully saturated rings. The lowest BCUT2D eigenvalue weighted by Crippen LogP contribution is -2.14. The van der Waals surface area contributed by atoms with Crippen LogP contribution < -0.4 is 0 Å². The third-order valence-corrected chi connectivity index (χ3v) is 5.70. The van der Waals surface area contributed by atoms with E-state index in [9.17, 15) is 9.59 Å². The average Bonchev–Trinajstić information content (AvgIpc) is 3.26. The van der Waals surface area contributed by atoms with Gasteiger partial charge in [-0.05, 0) is 19.9 Å². The molecule has 0 unspecified atom stereocenters. The Morgan fingerprint density at radius 3 is 2.54 bits per heavy atom. The van der Waals surface area contributed by atoms with Crippen LogP contribution in [0.2, 0.25) is 0 Å². The van der Waals surface area contributed by atoms with Crippen molar-refractivity contribution in [3.8, 4) is 10.6 Å². The molecule has 2 heterocycles. The number of aryl methyl sites for hydroxylation is 2. The highest BCUT2D eigenvalue weighted by atomic mass is 32.1.